The lowest BCUT2D eigenvalue weighted by atomic mass is 10.1. The van der Waals surface area contributed by atoms with Crippen molar-refractivity contribution >= 4 is 23.2 Å². The zero-order chi connectivity index (χ0) is 16.4. The number of carbonyl (C=O) groups is 2. The van der Waals surface area contributed by atoms with Gasteiger partial charge in [-0.3, -0.25) is 14.5 Å². The number of carbonyl (C=O) groups excluding carboxylic acids is 2. The third-order valence-electron chi connectivity index (χ3n) is 4.55. The molecule has 23 heavy (non-hydrogen) atoms. The molecule has 0 spiro atoms. The molecular weight excluding hydrogens is 297 g/mol. The van der Waals surface area contributed by atoms with Crippen molar-refractivity contribution in [2.45, 2.75) is 38.6 Å². The minimum atomic E-state index is -0.418. The maximum absolute atomic E-state index is 13.5. The number of hydrogen-bond donors (Lipinski definition) is 1. The van der Waals surface area contributed by atoms with Crippen LogP contribution in [0, 0.1) is 5.82 Å². The van der Waals surface area contributed by atoms with Crippen LogP contribution in [0.2, 0.25) is 0 Å². The normalized spacial score (nSPS) is 21.0. The molecule has 0 aliphatic carbocycles. The first kappa shape index (κ1) is 15.8. The number of amides is 2. The second kappa shape index (κ2) is 6.56. The molecule has 1 N–H and O–H groups in total. The second-order valence-electron chi connectivity index (χ2n) is 6.13. The molecule has 0 saturated carbocycles. The van der Waals surface area contributed by atoms with E-state index in [0.717, 1.165) is 32.4 Å². The Kier molecular flexibility index (Phi) is 4.50. The first-order valence-electron chi connectivity index (χ1n) is 8.25. The average molecular weight is 319 g/mol. The number of likely N-dealkylation sites (tertiary alicyclic amines) is 1. The van der Waals surface area contributed by atoms with E-state index < -0.39 is 6.04 Å². The lowest BCUT2D eigenvalue weighted by Crippen LogP contribution is -2.51. The minimum absolute atomic E-state index is 0.0235. The molecule has 1 aromatic rings. The standard InChI is InChI=1S/C17H22FN3O2/c1-2-13-17(23)21(11-16(22)20-8-4-3-5-9-20)15-7-6-12(18)10-14(15)19-13/h6-7,10,13,19H,2-5,8-9,11H2,1H3. The van der Waals surface area contributed by atoms with Crippen molar-refractivity contribution in [1.29, 1.82) is 0 Å². The smallest absolute Gasteiger partial charge is 0.250 e. The molecule has 3 rings (SSSR count). The van der Waals surface area contributed by atoms with Gasteiger partial charge in [-0.2, -0.15) is 0 Å². The van der Waals surface area contributed by atoms with Crippen LogP contribution in [0.3, 0.4) is 0 Å². The first-order valence-corrected chi connectivity index (χ1v) is 8.25. The quantitative estimate of drug-likeness (QED) is 0.930. The van der Waals surface area contributed by atoms with Crippen LogP contribution in [-0.2, 0) is 9.59 Å². The van der Waals surface area contributed by atoms with Gasteiger partial charge in [0.1, 0.15) is 18.4 Å². The highest BCUT2D eigenvalue weighted by Gasteiger charge is 2.33. The fraction of sp³-hybridized carbons (Fsp3) is 0.529. The Morgan fingerprint density at radius 3 is 2.74 bits per heavy atom. The predicted octanol–water partition coefficient (Wildman–Crippen LogP) is 2.38. The summed E-state index contributed by atoms with van der Waals surface area (Å²) in [7, 11) is 0. The lowest BCUT2D eigenvalue weighted by Gasteiger charge is -2.36. The van der Waals surface area contributed by atoms with Crippen molar-refractivity contribution in [1.82, 2.24) is 4.90 Å². The number of nitrogens with zero attached hydrogens (tertiary/aromatic N) is 2. The number of fused-ring (bicyclic) bond motifs is 1. The van der Waals surface area contributed by atoms with Crippen molar-refractivity contribution in [3.8, 4) is 0 Å². The van der Waals surface area contributed by atoms with Crippen LogP contribution in [0.5, 0.6) is 0 Å². The highest BCUT2D eigenvalue weighted by Crippen LogP contribution is 2.33. The molecule has 124 valence electrons. The molecule has 2 aliphatic heterocycles. The average Bonchev–Trinajstić information content (AvgIpc) is 2.57. The molecule has 6 heteroatoms. The predicted molar refractivity (Wildman–Crippen MR) is 86.9 cm³/mol. The number of benzene rings is 1. The summed E-state index contributed by atoms with van der Waals surface area (Å²) in [4.78, 5) is 28.5. The van der Waals surface area contributed by atoms with Gasteiger partial charge in [0.15, 0.2) is 0 Å². The Bertz CT molecular complexity index is 614. The molecule has 2 aliphatic rings. The van der Waals surface area contributed by atoms with Gasteiger partial charge in [0.05, 0.1) is 11.4 Å². The summed E-state index contributed by atoms with van der Waals surface area (Å²) in [6, 6.07) is 3.84. The molecule has 1 fully saturated rings. The van der Waals surface area contributed by atoms with Crippen molar-refractivity contribution in [2.24, 2.45) is 0 Å². The van der Waals surface area contributed by atoms with Crippen LogP contribution < -0.4 is 10.2 Å². The SMILES string of the molecule is CCC1Nc2cc(F)ccc2N(CC(=O)N2CCCCC2)C1=O. The molecule has 2 heterocycles. The molecule has 1 aromatic carbocycles. The fourth-order valence-electron chi connectivity index (χ4n) is 3.23. The Labute approximate surface area is 135 Å². The van der Waals surface area contributed by atoms with Crippen molar-refractivity contribution in [2.75, 3.05) is 29.9 Å². The highest BCUT2D eigenvalue weighted by atomic mass is 19.1. The summed E-state index contributed by atoms with van der Waals surface area (Å²) < 4.78 is 13.5. The van der Waals surface area contributed by atoms with E-state index in [-0.39, 0.29) is 24.2 Å². The van der Waals surface area contributed by atoms with Crippen LogP contribution in [0.1, 0.15) is 32.6 Å². The van der Waals surface area contributed by atoms with E-state index in [2.05, 4.69) is 5.32 Å². The van der Waals surface area contributed by atoms with Crippen LogP contribution in [-0.4, -0.2) is 42.4 Å². The monoisotopic (exact) mass is 319 g/mol. The summed E-state index contributed by atoms with van der Waals surface area (Å²) >= 11 is 0. The Hall–Kier alpha value is -2.11. The lowest BCUT2D eigenvalue weighted by molar-refractivity contribution is -0.132. The van der Waals surface area contributed by atoms with Gasteiger partial charge in [0, 0.05) is 13.1 Å². The molecule has 0 bridgehead atoms. The zero-order valence-corrected chi connectivity index (χ0v) is 13.3. The van der Waals surface area contributed by atoms with Gasteiger partial charge >= 0.3 is 0 Å². The number of hydrogen-bond acceptors (Lipinski definition) is 3. The van der Waals surface area contributed by atoms with E-state index >= 15 is 0 Å². The van der Waals surface area contributed by atoms with E-state index in [4.69, 9.17) is 0 Å². The highest BCUT2D eigenvalue weighted by molar-refractivity contribution is 6.07. The van der Waals surface area contributed by atoms with Crippen molar-refractivity contribution in [3.63, 3.8) is 0 Å². The van der Waals surface area contributed by atoms with Crippen LogP contribution in [0.25, 0.3) is 0 Å². The van der Waals surface area contributed by atoms with Crippen LogP contribution in [0.15, 0.2) is 18.2 Å². The van der Waals surface area contributed by atoms with E-state index in [1.54, 1.807) is 6.07 Å². The third kappa shape index (κ3) is 3.16. The number of rotatable bonds is 3. The maximum Gasteiger partial charge on any atom is 0.250 e. The number of nitrogens with one attached hydrogen (secondary N) is 1. The number of halogens is 1. The minimum Gasteiger partial charge on any atom is -0.372 e. The topological polar surface area (TPSA) is 52.7 Å². The van der Waals surface area contributed by atoms with Crippen LogP contribution >= 0.6 is 0 Å². The van der Waals surface area contributed by atoms with E-state index in [9.17, 15) is 14.0 Å². The summed E-state index contributed by atoms with van der Waals surface area (Å²) in [5.41, 5.74) is 1.15. The fourth-order valence-corrected chi connectivity index (χ4v) is 3.23. The molecule has 1 unspecified atom stereocenters. The van der Waals surface area contributed by atoms with E-state index in [1.165, 1.54) is 17.0 Å². The van der Waals surface area contributed by atoms with Gasteiger partial charge in [-0.05, 0) is 43.9 Å². The van der Waals surface area contributed by atoms with Gasteiger partial charge in [-0.15, -0.1) is 0 Å². The molecule has 0 radical (unpaired) electrons. The Morgan fingerprint density at radius 2 is 2.04 bits per heavy atom. The molecular formula is C17H22FN3O2. The number of anilines is 2. The number of piperidine rings is 1. The molecule has 1 saturated heterocycles. The van der Waals surface area contributed by atoms with E-state index in [0.29, 0.717) is 17.8 Å². The Morgan fingerprint density at radius 1 is 1.30 bits per heavy atom. The maximum atomic E-state index is 13.5. The van der Waals surface area contributed by atoms with E-state index in [1.807, 2.05) is 11.8 Å². The van der Waals surface area contributed by atoms with Crippen molar-refractivity contribution in [3.05, 3.63) is 24.0 Å². The van der Waals surface area contributed by atoms with Gasteiger partial charge in [0.25, 0.3) is 0 Å². The molecule has 2 amide bonds. The van der Waals surface area contributed by atoms with Gasteiger partial charge in [-0.25, -0.2) is 4.39 Å². The van der Waals surface area contributed by atoms with Gasteiger partial charge < -0.3 is 10.2 Å². The zero-order valence-electron chi connectivity index (χ0n) is 13.3. The summed E-state index contributed by atoms with van der Waals surface area (Å²) in [5.74, 6) is -0.523. The van der Waals surface area contributed by atoms with Gasteiger partial charge in [-0.1, -0.05) is 6.92 Å². The molecule has 5 nitrogen and oxygen atoms in total. The van der Waals surface area contributed by atoms with Crippen LogP contribution in [0.4, 0.5) is 15.8 Å². The largest absolute Gasteiger partial charge is 0.372 e. The Balaban J connectivity index is 1.84. The summed E-state index contributed by atoms with van der Waals surface area (Å²) in [5, 5.41) is 3.06. The summed E-state index contributed by atoms with van der Waals surface area (Å²) in [6.07, 6.45) is 3.76. The summed E-state index contributed by atoms with van der Waals surface area (Å²) in [6.45, 7) is 3.43. The molecule has 0 aromatic heterocycles. The van der Waals surface area contributed by atoms with Gasteiger partial charge in [0.2, 0.25) is 11.8 Å². The second-order valence-corrected chi connectivity index (χ2v) is 6.13. The molecule has 1 atom stereocenters. The third-order valence-corrected chi connectivity index (χ3v) is 4.55. The van der Waals surface area contributed by atoms with Crippen molar-refractivity contribution < 1.29 is 14.0 Å². The first-order chi connectivity index (χ1) is 11.1.